The highest BCUT2D eigenvalue weighted by Crippen LogP contribution is 2.23. The van der Waals surface area contributed by atoms with Gasteiger partial charge >= 0.3 is 11.9 Å². The molecule has 0 amide bonds. The van der Waals surface area contributed by atoms with E-state index in [1.807, 2.05) is 0 Å². The minimum atomic E-state index is -1.04. The predicted octanol–water partition coefficient (Wildman–Crippen LogP) is 2.64. The molecule has 0 bridgehead atoms. The van der Waals surface area contributed by atoms with Crippen molar-refractivity contribution in [1.29, 1.82) is 0 Å². The highest BCUT2D eigenvalue weighted by molar-refractivity contribution is 6.06. The zero-order valence-corrected chi connectivity index (χ0v) is 9.33. The van der Waals surface area contributed by atoms with E-state index in [4.69, 9.17) is 10.2 Å². The standard InChI is InChI=1S/C14H10O4/c15-13(16)8-7-9-3-1-5-11-10(9)4-2-6-12(11)14(17)18/h1-8H,(H,15,16)(H,17,18). The fourth-order valence-electron chi connectivity index (χ4n) is 1.83. The topological polar surface area (TPSA) is 74.6 Å². The molecule has 0 aliphatic carbocycles. The molecule has 90 valence electrons. The molecule has 0 aliphatic rings. The van der Waals surface area contributed by atoms with Gasteiger partial charge in [-0.1, -0.05) is 30.3 Å². The number of aliphatic carboxylic acids is 1. The molecule has 0 fully saturated rings. The summed E-state index contributed by atoms with van der Waals surface area (Å²) in [6, 6.07) is 10.1. The first kappa shape index (κ1) is 11.9. The molecular weight excluding hydrogens is 232 g/mol. The maximum absolute atomic E-state index is 11.1. The van der Waals surface area contributed by atoms with E-state index in [1.54, 1.807) is 30.3 Å². The van der Waals surface area contributed by atoms with Crippen LogP contribution in [0, 0.1) is 0 Å². The van der Waals surface area contributed by atoms with Gasteiger partial charge in [0.25, 0.3) is 0 Å². The van der Waals surface area contributed by atoms with E-state index >= 15 is 0 Å². The van der Waals surface area contributed by atoms with Gasteiger partial charge in [0.1, 0.15) is 0 Å². The number of carboxylic acid groups (broad SMARTS) is 2. The highest BCUT2D eigenvalue weighted by Gasteiger charge is 2.08. The van der Waals surface area contributed by atoms with E-state index in [0.717, 1.165) is 11.5 Å². The van der Waals surface area contributed by atoms with Crippen LogP contribution in [0.2, 0.25) is 0 Å². The van der Waals surface area contributed by atoms with Crippen LogP contribution in [0.1, 0.15) is 15.9 Å². The van der Waals surface area contributed by atoms with Crippen molar-refractivity contribution in [2.75, 3.05) is 0 Å². The van der Waals surface area contributed by atoms with E-state index in [1.165, 1.54) is 12.1 Å². The van der Waals surface area contributed by atoms with Gasteiger partial charge in [-0.15, -0.1) is 0 Å². The SMILES string of the molecule is O=C(O)C=Cc1cccc2c(C(=O)O)cccc12. The van der Waals surface area contributed by atoms with Gasteiger partial charge in [-0.3, -0.25) is 0 Å². The van der Waals surface area contributed by atoms with E-state index in [0.29, 0.717) is 10.9 Å². The molecule has 0 unspecified atom stereocenters. The van der Waals surface area contributed by atoms with Crippen LogP contribution >= 0.6 is 0 Å². The normalized spacial score (nSPS) is 10.9. The summed E-state index contributed by atoms with van der Waals surface area (Å²) in [6.45, 7) is 0. The number of carboxylic acids is 2. The van der Waals surface area contributed by atoms with Gasteiger partial charge in [-0.2, -0.15) is 0 Å². The maximum Gasteiger partial charge on any atom is 0.336 e. The minimum Gasteiger partial charge on any atom is -0.478 e. The third-order valence-electron chi connectivity index (χ3n) is 2.59. The van der Waals surface area contributed by atoms with E-state index in [2.05, 4.69) is 0 Å². The summed E-state index contributed by atoms with van der Waals surface area (Å²) in [6.07, 6.45) is 2.48. The smallest absolute Gasteiger partial charge is 0.336 e. The minimum absolute atomic E-state index is 0.207. The summed E-state index contributed by atoms with van der Waals surface area (Å²) < 4.78 is 0. The van der Waals surface area contributed by atoms with Crippen molar-refractivity contribution in [1.82, 2.24) is 0 Å². The van der Waals surface area contributed by atoms with Crippen LogP contribution in [-0.2, 0) is 4.79 Å². The zero-order valence-electron chi connectivity index (χ0n) is 9.33. The second-order valence-electron chi connectivity index (χ2n) is 3.72. The van der Waals surface area contributed by atoms with E-state index < -0.39 is 11.9 Å². The molecule has 0 saturated carbocycles. The first-order chi connectivity index (χ1) is 8.59. The number of aromatic carboxylic acids is 1. The summed E-state index contributed by atoms with van der Waals surface area (Å²) in [5.41, 5.74) is 0.885. The monoisotopic (exact) mass is 242 g/mol. The van der Waals surface area contributed by atoms with Crippen LogP contribution in [0.15, 0.2) is 42.5 Å². The van der Waals surface area contributed by atoms with Gasteiger partial charge in [-0.05, 0) is 28.5 Å². The van der Waals surface area contributed by atoms with Crippen molar-refractivity contribution in [3.63, 3.8) is 0 Å². The number of rotatable bonds is 3. The largest absolute Gasteiger partial charge is 0.478 e. The molecule has 4 nitrogen and oxygen atoms in total. The molecular formula is C14H10O4. The average molecular weight is 242 g/mol. The van der Waals surface area contributed by atoms with Crippen LogP contribution < -0.4 is 0 Å². The van der Waals surface area contributed by atoms with Gasteiger partial charge in [0.2, 0.25) is 0 Å². The Morgan fingerprint density at radius 3 is 2.28 bits per heavy atom. The summed E-state index contributed by atoms with van der Waals surface area (Å²) in [4.78, 5) is 21.6. The van der Waals surface area contributed by atoms with Crippen molar-refractivity contribution < 1.29 is 19.8 Å². The Kier molecular flexibility index (Phi) is 3.10. The number of benzene rings is 2. The molecule has 0 aromatic heterocycles. The van der Waals surface area contributed by atoms with Gasteiger partial charge in [0.15, 0.2) is 0 Å². The van der Waals surface area contributed by atoms with Crippen molar-refractivity contribution >= 4 is 28.8 Å². The average Bonchev–Trinajstić information content (AvgIpc) is 2.35. The third kappa shape index (κ3) is 2.22. The van der Waals surface area contributed by atoms with E-state index in [-0.39, 0.29) is 5.56 Å². The Bertz CT molecular complexity index is 656. The van der Waals surface area contributed by atoms with Crippen LogP contribution in [0.4, 0.5) is 0 Å². The molecule has 2 N–H and O–H groups in total. The molecule has 2 aromatic carbocycles. The van der Waals surface area contributed by atoms with Gasteiger partial charge in [0, 0.05) is 6.08 Å². The second kappa shape index (κ2) is 4.71. The summed E-state index contributed by atoms with van der Waals surface area (Å²) in [5.74, 6) is -2.04. The second-order valence-corrected chi connectivity index (χ2v) is 3.72. The van der Waals surface area contributed by atoms with Crippen LogP contribution in [0.25, 0.3) is 16.8 Å². The van der Waals surface area contributed by atoms with Crippen LogP contribution in [0.3, 0.4) is 0 Å². The molecule has 0 heterocycles. The fraction of sp³-hybridized carbons (Fsp3) is 0. The molecule has 0 aliphatic heterocycles. The van der Waals surface area contributed by atoms with Gasteiger partial charge < -0.3 is 10.2 Å². The number of fused-ring (bicyclic) bond motifs is 1. The zero-order chi connectivity index (χ0) is 13.1. The molecule has 0 spiro atoms. The quantitative estimate of drug-likeness (QED) is 0.811. The van der Waals surface area contributed by atoms with Crippen LogP contribution in [-0.4, -0.2) is 22.2 Å². The lowest BCUT2D eigenvalue weighted by Gasteiger charge is -2.05. The van der Waals surface area contributed by atoms with E-state index in [9.17, 15) is 9.59 Å². The first-order valence-corrected chi connectivity index (χ1v) is 5.25. The number of carbonyl (C=O) groups is 2. The Morgan fingerprint density at radius 2 is 1.61 bits per heavy atom. The Labute approximate surface area is 103 Å². The summed E-state index contributed by atoms with van der Waals surface area (Å²) in [5, 5.41) is 19.0. The molecule has 0 radical (unpaired) electrons. The van der Waals surface area contributed by atoms with Crippen LogP contribution in [0.5, 0.6) is 0 Å². The predicted molar refractivity (Wildman–Crippen MR) is 67.6 cm³/mol. The Morgan fingerprint density at radius 1 is 0.944 bits per heavy atom. The summed E-state index contributed by atoms with van der Waals surface area (Å²) >= 11 is 0. The summed E-state index contributed by atoms with van der Waals surface area (Å²) in [7, 11) is 0. The Hall–Kier alpha value is -2.62. The molecule has 2 rings (SSSR count). The van der Waals surface area contributed by atoms with Crippen molar-refractivity contribution in [3.8, 4) is 0 Å². The van der Waals surface area contributed by atoms with Crippen molar-refractivity contribution in [2.24, 2.45) is 0 Å². The van der Waals surface area contributed by atoms with Crippen molar-refractivity contribution in [2.45, 2.75) is 0 Å². The molecule has 2 aromatic rings. The fourth-order valence-corrected chi connectivity index (χ4v) is 1.83. The highest BCUT2D eigenvalue weighted by atomic mass is 16.4. The molecule has 0 atom stereocenters. The number of hydrogen-bond acceptors (Lipinski definition) is 2. The van der Waals surface area contributed by atoms with Gasteiger partial charge in [-0.25, -0.2) is 9.59 Å². The third-order valence-corrected chi connectivity index (χ3v) is 2.59. The van der Waals surface area contributed by atoms with Gasteiger partial charge in [0.05, 0.1) is 5.56 Å². The van der Waals surface area contributed by atoms with Crippen molar-refractivity contribution in [3.05, 3.63) is 53.6 Å². The Balaban J connectivity index is 2.67. The molecule has 0 saturated heterocycles. The lowest BCUT2D eigenvalue weighted by Crippen LogP contribution is -1.97. The molecule has 4 heteroatoms. The lowest BCUT2D eigenvalue weighted by molar-refractivity contribution is -0.131. The lowest BCUT2D eigenvalue weighted by atomic mass is 10.00. The maximum atomic E-state index is 11.1. The number of hydrogen-bond donors (Lipinski definition) is 2. The first-order valence-electron chi connectivity index (χ1n) is 5.25. The molecule has 18 heavy (non-hydrogen) atoms.